The van der Waals surface area contributed by atoms with Crippen LogP contribution in [0.4, 0.5) is 36.2 Å². The minimum Gasteiger partial charge on any atom is -0.340 e. The van der Waals surface area contributed by atoms with Gasteiger partial charge in [-0.15, -0.1) is 0 Å². The molecule has 2 N–H and O–H groups in total. The van der Waals surface area contributed by atoms with Gasteiger partial charge in [0.1, 0.15) is 18.0 Å². The van der Waals surface area contributed by atoms with Crippen LogP contribution in [0.2, 0.25) is 0 Å². The average molecular weight is 316 g/mol. The van der Waals surface area contributed by atoms with Crippen molar-refractivity contribution in [1.82, 2.24) is 9.97 Å². The third kappa shape index (κ3) is 3.39. The Morgan fingerprint density at radius 2 is 1.43 bits per heavy atom. The van der Waals surface area contributed by atoms with Gasteiger partial charge in [-0.3, -0.25) is 0 Å². The van der Waals surface area contributed by atoms with Gasteiger partial charge in [-0.25, -0.2) is 23.1 Å². The summed E-state index contributed by atoms with van der Waals surface area (Å²) in [5.41, 5.74) is 0.601. The van der Waals surface area contributed by atoms with Crippen LogP contribution >= 0.6 is 0 Å². The Bertz CT molecular complexity index is 825. The molecule has 23 heavy (non-hydrogen) atoms. The van der Waals surface area contributed by atoms with Gasteiger partial charge >= 0.3 is 0 Å². The standard InChI is InChI=1S/C16H11F3N4/c17-11-6-7-12(16(19)15(11)18)23-14-8-13(20-9-21-14)22-10-4-2-1-3-5-10/h1-9H,(H2,20,21,22,23). The zero-order chi connectivity index (χ0) is 16.2. The molecule has 0 fully saturated rings. The number of halogens is 3. The van der Waals surface area contributed by atoms with Crippen LogP contribution in [0.3, 0.4) is 0 Å². The molecule has 0 atom stereocenters. The number of hydrogen-bond donors (Lipinski definition) is 2. The lowest BCUT2D eigenvalue weighted by Crippen LogP contribution is -2.02. The molecule has 0 amide bonds. The third-order valence-corrected chi connectivity index (χ3v) is 3.01. The number of benzene rings is 2. The number of anilines is 4. The Kier molecular flexibility index (Phi) is 4.09. The van der Waals surface area contributed by atoms with Crippen molar-refractivity contribution in [3.63, 3.8) is 0 Å². The lowest BCUT2D eigenvalue weighted by molar-refractivity contribution is 0.449. The van der Waals surface area contributed by atoms with E-state index in [2.05, 4.69) is 20.6 Å². The van der Waals surface area contributed by atoms with E-state index in [1.54, 1.807) is 0 Å². The topological polar surface area (TPSA) is 49.8 Å². The normalized spacial score (nSPS) is 10.4. The van der Waals surface area contributed by atoms with E-state index in [4.69, 9.17) is 0 Å². The van der Waals surface area contributed by atoms with Gasteiger partial charge in [0.05, 0.1) is 5.69 Å². The molecular formula is C16H11F3N4. The molecule has 0 radical (unpaired) electrons. The molecule has 3 aromatic rings. The number of nitrogens with zero attached hydrogens (tertiary/aromatic N) is 2. The summed E-state index contributed by atoms with van der Waals surface area (Å²) >= 11 is 0. The van der Waals surface area contributed by atoms with Crippen LogP contribution in [-0.4, -0.2) is 9.97 Å². The van der Waals surface area contributed by atoms with Crippen molar-refractivity contribution in [2.45, 2.75) is 0 Å². The maximum Gasteiger partial charge on any atom is 0.196 e. The molecule has 0 saturated carbocycles. The van der Waals surface area contributed by atoms with Crippen molar-refractivity contribution in [2.24, 2.45) is 0 Å². The lowest BCUT2D eigenvalue weighted by atomic mass is 10.2. The fourth-order valence-corrected chi connectivity index (χ4v) is 1.92. The predicted molar refractivity (Wildman–Crippen MR) is 81.4 cm³/mol. The fourth-order valence-electron chi connectivity index (χ4n) is 1.92. The highest BCUT2D eigenvalue weighted by atomic mass is 19.2. The van der Waals surface area contributed by atoms with Crippen molar-refractivity contribution in [3.8, 4) is 0 Å². The van der Waals surface area contributed by atoms with E-state index in [0.717, 1.165) is 17.8 Å². The number of rotatable bonds is 4. The van der Waals surface area contributed by atoms with E-state index < -0.39 is 17.5 Å². The average Bonchev–Trinajstić information content (AvgIpc) is 2.57. The summed E-state index contributed by atoms with van der Waals surface area (Å²) in [5.74, 6) is -3.38. The van der Waals surface area contributed by atoms with Crippen LogP contribution in [0.1, 0.15) is 0 Å². The van der Waals surface area contributed by atoms with E-state index in [-0.39, 0.29) is 11.5 Å². The summed E-state index contributed by atoms with van der Waals surface area (Å²) in [7, 11) is 0. The van der Waals surface area contributed by atoms with Crippen LogP contribution < -0.4 is 10.6 Å². The quantitative estimate of drug-likeness (QED) is 0.701. The van der Waals surface area contributed by atoms with Crippen LogP contribution in [0.15, 0.2) is 54.9 Å². The Labute approximate surface area is 130 Å². The van der Waals surface area contributed by atoms with Crippen molar-refractivity contribution >= 4 is 23.0 Å². The van der Waals surface area contributed by atoms with Crippen molar-refractivity contribution < 1.29 is 13.2 Å². The first-order valence-corrected chi connectivity index (χ1v) is 6.68. The summed E-state index contributed by atoms with van der Waals surface area (Å²) in [6.07, 6.45) is 1.27. The number of para-hydroxylation sites is 1. The van der Waals surface area contributed by atoms with Gasteiger partial charge in [-0.05, 0) is 24.3 Å². The zero-order valence-electron chi connectivity index (χ0n) is 11.7. The Morgan fingerprint density at radius 1 is 0.739 bits per heavy atom. The highest BCUT2D eigenvalue weighted by molar-refractivity contribution is 5.63. The van der Waals surface area contributed by atoms with E-state index >= 15 is 0 Å². The minimum absolute atomic E-state index is 0.215. The Balaban J connectivity index is 1.82. The van der Waals surface area contributed by atoms with Crippen LogP contribution in [0, 0.1) is 17.5 Å². The molecule has 0 bridgehead atoms. The minimum atomic E-state index is -1.54. The van der Waals surface area contributed by atoms with E-state index in [1.165, 1.54) is 12.4 Å². The molecule has 0 unspecified atom stereocenters. The van der Waals surface area contributed by atoms with Gasteiger partial charge in [0.25, 0.3) is 0 Å². The smallest absolute Gasteiger partial charge is 0.196 e. The molecule has 3 rings (SSSR count). The summed E-state index contributed by atoms with van der Waals surface area (Å²) < 4.78 is 39.8. The van der Waals surface area contributed by atoms with E-state index in [1.807, 2.05) is 30.3 Å². The highest BCUT2D eigenvalue weighted by Gasteiger charge is 2.13. The first-order chi connectivity index (χ1) is 11.1. The molecular weight excluding hydrogens is 305 g/mol. The molecule has 4 nitrogen and oxygen atoms in total. The molecule has 1 heterocycles. The largest absolute Gasteiger partial charge is 0.340 e. The molecule has 0 saturated heterocycles. The van der Waals surface area contributed by atoms with Gasteiger partial charge in [-0.2, -0.15) is 0 Å². The molecule has 0 aliphatic carbocycles. The molecule has 1 aromatic heterocycles. The number of nitrogens with one attached hydrogen (secondary N) is 2. The summed E-state index contributed by atoms with van der Waals surface area (Å²) in [5, 5.41) is 5.64. The fraction of sp³-hybridized carbons (Fsp3) is 0. The van der Waals surface area contributed by atoms with Gasteiger partial charge in [0, 0.05) is 11.8 Å². The SMILES string of the molecule is Fc1ccc(Nc2cc(Nc3ccccc3)ncn2)c(F)c1F. The van der Waals surface area contributed by atoms with Crippen LogP contribution in [-0.2, 0) is 0 Å². The van der Waals surface area contributed by atoms with Crippen LogP contribution in [0.25, 0.3) is 0 Å². The van der Waals surface area contributed by atoms with Gasteiger partial charge < -0.3 is 10.6 Å². The Hall–Kier alpha value is -3.09. The maximum absolute atomic E-state index is 13.7. The molecule has 7 heteroatoms. The first kappa shape index (κ1) is 14.8. The molecule has 2 aromatic carbocycles. The van der Waals surface area contributed by atoms with E-state index in [9.17, 15) is 13.2 Å². The van der Waals surface area contributed by atoms with Gasteiger partial charge in [0.15, 0.2) is 17.5 Å². The number of hydrogen-bond acceptors (Lipinski definition) is 4. The second-order valence-corrected chi connectivity index (χ2v) is 4.63. The second-order valence-electron chi connectivity index (χ2n) is 4.63. The van der Waals surface area contributed by atoms with Crippen molar-refractivity contribution in [1.29, 1.82) is 0 Å². The second kappa shape index (κ2) is 6.35. The predicted octanol–water partition coefficient (Wildman–Crippen LogP) is 4.38. The van der Waals surface area contributed by atoms with Crippen molar-refractivity contribution in [2.75, 3.05) is 10.6 Å². The first-order valence-electron chi connectivity index (χ1n) is 6.68. The summed E-state index contributed by atoms with van der Waals surface area (Å²) in [6, 6.07) is 12.8. The monoisotopic (exact) mass is 316 g/mol. The maximum atomic E-state index is 13.7. The van der Waals surface area contributed by atoms with Gasteiger partial charge in [-0.1, -0.05) is 18.2 Å². The summed E-state index contributed by atoms with van der Waals surface area (Å²) in [4.78, 5) is 7.96. The summed E-state index contributed by atoms with van der Waals surface area (Å²) in [6.45, 7) is 0. The zero-order valence-corrected chi connectivity index (χ0v) is 11.7. The molecule has 116 valence electrons. The molecule has 0 aliphatic heterocycles. The molecule has 0 aliphatic rings. The third-order valence-electron chi connectivity index (χ3n) is 3.01. The lowest BCUT2D eigenvalue weighted by Gasteiger charge is -2.09. The van der Waals surface area contributed by atoms with Crippen LogP contribution in [0.5, 0.6) is 0 Å². The number of aromatic nitrogens is 2. The Morgan fingerprint density at radius 3 is 2.17 bits per heavy atom. The van der Waals surface area contributed by atoms with E-state index in [0.29, 0.717) is 5.82 Å². The van der Waals surface area contributed by atoms with Crippen molar-refractivity contribution in [3.05, 3.63) is 72.3 Å². The molecule has 0 spiro atoms. The van der Waals surface area contributed by atoms with Gasteiger partial charge in [0.2, 0.25) is 0 Å². The highest BCUT2D eigenvalue weighted by Crippen LogP contribution is 2.24.